The van der Waals surface area contributed by atoms with Crippen molar-refractivity contribution in [2.24, 2.45) is 0 Å². The van der Waals surface area contributed by atoms with Crippen LogP contribution in [0.2, 0.25) is 5.02 Å². The Balaban J connectivity index is 1.30. The molecule has 1 aliphatic rings. The largest absolute Gasteiger partial charge is 0.356 e. The van der Waals surface area contributed by atoms with Gasteiger partial charge >= 0.3 is 0 Å². The van der Waals surface area contributed by atoms with Crippen molar-refractivity contribution in [3.63, 3.8) is 0 Å². The summed E-state index contributed by atoms with van der Waals surface area (Å²) in [6, 6.07) is 22.8. The molecule has 1 atom stereocenters. The Hall–Kier alpha value is -4.34. The quantitative estimate of drug-likeness (QED) is 0.192. The summed E-state index contributed by atoms with van der Waals surface area (Å²) in [6.07, 6.45) is 1.93. The molecule has 0 radical (unpaired) electrons. The molecule has 3 amide bonds. The third-order valence-corrected chi connectivity index (χ3v) is 6.81. The highest BCUT2D eigenvalue weighted by Crippen LogP contribution is 2.24. The molecule has 3 N–H and O–H groups in total. The Kier molecular flexibility index (Phi) is 7.30. The van der Waals surface area contributed by atoms with Gasteiger partial charge in [-0.2, -0.15) is 0 Å². The van der Waals surface area contributed by atoms with Crippen LogP contribution in [-0.4, -0.2) is 45.3 Å². The van der Waals surface area contributed by atoms with Crippen molar-refractivity contribution in [1.29, 1.82) is 0 Å². The van der Waals surface area contributed by atoms with Crippen molar-refractivity contribution in [1.82, 2.24) is 26.1 Å². The monoisotopic (exact) mass is 543 g/mol. The van der Waals surface area contributed by atoms with Crippen molar-refractivity contribution in [3.8, 4) is 0 Å². The fourth-order valence-electron chi connectivity index (χ4n) is 4.41. The highest BCUT2D eigenvalue weighted by molar-refractivity contribution is 7.80. The first-order valence-corrected chi connectivity index (χ1v) is 12.6. The van der Waals surface area contributed by atoms with Gasteiger partial charge in [0.25, 0.3) is 17.7 Å². The van der Waals surface area contributed by atoms with Gasteiger partial charge in [-0.05, 0) is 53.9 Å². The SMILES string of the molecule is O=C(NNC(=S)NC(Cc1ccccc1Cl)CN1C(=O)c2ccccc2C1=O)c1nccc2ccccc12. The molecule has 0 aliphatic carbocycles. The molecule has 190 valence electrons. The number of halogens is 1. The van der Waals surface area contributed by atoms with Gasteiger partial charge in [-0.1, -0.05) is 66.2 Å². The molecular formula is C28H22ClN5O3S. The van der Waals surface area contributed by atoms with E-state index >= 15 is 0 Å². The number of fused-ring (bicyclic) bond motifs is 2. The predicted octanol–water partition coefficient (Wildman–Crippen LogP) is 3.90. The molecule has 3 aromatic carbocycles. The molecule has 10 heteroatoms. The van der Waals surface area contributed by atoms with Gasteiger partial charge in [0.05, 0.1) is 17.2 Å². The van der Waals surface area contributed by atoms with Crippen molar-refractivity contribution >= 4 is 57.4 Å². The Morgan fingerprint density at radius 2 is 1.55 bits per heavy atom. The second kappa shape index (κ2) is 11.0. The van der Waals surface area contributed by atoms with Gasteiger partial charge in [0.1, 0.15) is 5.69 Å². The number of pyridine rings is 1. The van der Waals surface area contributed by atoms with Gasteiger partial charge in [0, 0.05) is 23.2 Å². The summed E-state index contributed by atoms with van der Waals surface area (Å²) in [6.45, 7) is 0.0399. The summed E-state index contributed by atoms with van der Waals surface area (Å²) in [5.41, 5.74) is 7.06. The molecule has 2 heterocycles. The van der Waals surface area contributed by atoms with Crippen molar-refractivity contribution < 1.29 is 14.4 Å². The molecule has 1 aliphatic heterocycles. The fourth-order valence-corrected chi connectivity index (χ4v) is 4.84. The zero-order chi connectivity index (χ0) is 26.6. The summed E-state index contributed by atoms with van der Waals surface area (Å²) < 4.78 is 0. The summed E-state index contributed by atoms with van der Waals surface area (Å²) in [5.74, 6) is -1.20. The maximum atomic E-state index is 13.0. The minimum Gasteiger partial charge on any atom is -0.356 e. The number of carbonyl (C=O) groups excluding carboxylic acids is 3. The lowest BCUT2D eigenvalue weighted by molar-refractivity contribution is 0.0641. The van der Waals surface area contributed by atoms with Crippen LogP contribution in [0.4, 0.5) is 0 Å². The van der Waals surface area contributed by atoms with Gasteiger partial charge in [-0.25, -0.2) is 0 Å². The van der Waals surface area contributed by atoms with Gasteiger partial charge < -0.3 is 5.32 Å². The molecule has 8 nitrogen and oxygen atoms in total. The van der Waals surface area contributed by atoms with Crippen LogP contribution in [0.5, 0.6) is 0 Å². The number of imide groups is 1. The number of nitrogens with one attached hydrogen (secondary N) is 3. The van der Waals surface area contributed by atoms with E-state index in [0.717, 1.165) is 10.9 Å². The highest BCUT2D eigenvalue weighted by atomic mass is 35.5. The van der Waals surface area contributed by atoms with Crippen molar-refractivity contribution in [3.05, 3.63) is 112 Å². The van der Waals surface area contributed by atoms with E-state index < -0.39 is 11.9 Å². The van der Waals surface area contributed by atoms with Crippen molar-refractivity contribution in [2.75, 3.05) is 6.54 Å². The van der Waals surface area contributed by atoms with Crippen LogP contribution < -0.4 is 16.2 Å². The minimum atomic E-state index is -0.496. The summed E-state index contributed by atoms with van der Waals surface area (Å²) in [5, 5.41) is 5.36. The number of thiocarbonyl (C=S) groups is 1. The first-order valence-electron chi connectivity index (χ1n) is 11.8. The summed E-state index contributed by atoms with van der Waals surface area (Å²) in [4.78, 5) is 44.2. The second-order valence-corrected chi connectivity index (χ2v) is 9.51. The van der Waals surface area contributed by atoms with Crippen LogP contribution in [0.1, 0.15) is 36.8 Å². The zero-order valence-electron chi connectivity index (χ0n) is 20.0. The molecule has 1 aromatic heterocycles. The molecule has 0 spiro atoms. The molecule has 5 rings (SSSR count). The maximum Gasteiger partial charge on any atom is 0.288 e. The Labute approximate surface area is 229 Å². The lowest BCUT2D eigenvalue weighted by Gasteiger charge is -2.25. The standard InChI is InChI=1S/C28H22ClN5O3S/c29-23-12-6-2-8-18(23)15-19(16-34-26(36)21-10-4-5-11-22(21)27(34)37)31-28(38)33-32-25(35)24-20-9-3-1-7-17(20)13-14-30-24/h1-14,19H,15-16H2,(H,32,35)(H2,31,33,38). The second-order valence-electron chi connectivity index (χ2n) is 8.69. The molecule has 0 bridgehead atoms. The Bertz CT molecular complexity index is 1540. The number of nitrogens with zero attached hydrogens (tertiary/aromatic N) is 2. The van der Waals surface area contributed by atoms with E-state index in [9.17, 15) is 14.4 Å². The summed E-state index contributed by atoms with van der Waals surface area (Å²) in [7, 11) is 0. The van der Waals surface area contributed by atoms with Crippen LogP contribution in [-0.2, 0) is 6.42 Å². The Morgan fingerprint density at radius 3 is 2.29 bits per heavy atom. The molecular weight excluding hydrogens is 522 g/mol. The van der Waals surface area contributed by atoms with Crippen LogP contribution in [0, 0.1) is 0 Å². The van der Waals surface area contributed by atoms with E-state index in [0.29, 0.717) is 28.0 Å². The number of amides is 3. The minimum absolute atomic E-state index is 0.0399. The first-order chi connectivity index (χ1) is 18.4. The predicted molar refractivity (Wildman–Crippen MR) is 149 cm³/mol. The third kappa shape index (κ3) is 5.20. The third-order valence-electron chi connectivity index (χ3n) is 6.22. The van der Waals surface area contributed by atoms with Gasteiger partial charge in [-0.3, -0.25) is 35.1 Å². The average molecular weight is 544 g/mol. The number of aromatic nitrogens is 1. The maximum absolute atomic E-state index is 13.0. The molecule has 4 aromatic rings. The molecule has 0 saturated carbocycles. The van der Waals surface area contributed by atoms with E-state index in [1.165, 1.54) is 4.90 Å². The molecule has 0 saturated heterocycles. The molecule has 0 fully saturated rings. The molecule has 38 heavy (non-hydrogen) atoms. The lowest BCUT2D eigenvalue weighted by atomic mass is 10.1. The fraction of sp³-hybridized carbons (Fsp3) is 0.107. The summed E-state index contributed by atoms with van der Waals surface area (Å²) >= 11 is 11.8. The average Bonchev–Trinajstić information content (AvgIpc) is 3.17. The van der Waals surface area contributed by atoms with Crippen LogP contribution in [0.25, 0.3) is 10.8 Å². The topological polar surface area (TPSA) is 103 Å². The van der Waals surface area contributed by atoms with E-state index in [2.05, 4.69) is 21.2 Å². The number of hydrazine groups is 1. The number of hydrogen-bond donors (Lipinski definition) is 3. The van der Waals surface area contributed by atoms with Crippen LogP contribution in [0.3, 0.4) is 0 Å². The van der Waals surface area contributed by atoms with Crippen LogP contribution >= 0.6 is 23.8 Å². The smallest absolute Gasteiger partial charge is 0.288 e. The van der Waals surface area contributed by atoms with Gasteiger partial charge in [-0.15, -0.1) is 0 Å². The highest BCUT2D eigenvalue weighted by Gasteiger charge is 2.36. The number of hydrogen-bond acceptors (Lipinski definition) is 5. The normalized spacial score (nSPS) is 13.2. The van der Waals surface area contributed by atoms with E-state index in [4.69, 9.17) is 23.8 Å². The Morgan fingerprint density at radius 1 is 0.895 bits per heavy atom. The van der Waals surface area contributed by atoms with E-state index in [-0.39, 0.29) is 29.2 Å². The van der Waals surface area contributed by atoms with Gasteiger partial charge in [0.15, 0.2) is 5.11 Å². The number of carbonyl (C=O) groups is 3. The van der Waals surface area contributed by atoms with E-state index in [1.54, 1.807) is 36.5 Å². The number of rotatable bonds is 6. The van der Waals surface area contributed by atoms with E-state index in [1.807, 2.05) is 48.5 Å². The lowest BCUT2D eigenvalue weighted by Crippen LogP contribution is -2.53. The molecule has 1 unspecified atom stereocenters. The first kappa shape index (κ1) is 25.3. The van der Waals surface area contributed by atoms with Crippen molar-refractivity contribution in [2.45, 2.75) is 12.5 Å². The van der Waals surface area contributed by atoms with Gasteiger partial charge in [0.2, 0.25) is 0 Å². The van der Waals surface area contributed by atoms with Crippen LogP contribution in [0.15, 0.2) is 85.1 Å². The zero-order valence-corrected chi connectivity index (χ0v) is 21.6. The number of benzene rings is 3.